The summed E-state index contributed by atoms with van der Waals surface area (Å²) in [6, 6.07) is 21.4. The molecule has 0 atom stereocenters. The van der Waals surface area contributed by atoms with Crippen LogP contribution in [0.2, 0.25) is 5.02 Å². The second-order valence-corrected chi connectivity index (χ2v) is 8.07. The van der Waals surface area contributed by atoms with Gasteiger partial charge in [-0.1, -0.05) is 60.1 Å². The van der Waals surface area contributed by atoms with Crippen molar-refractivity contribution < 1.29 is 9.53 Å². The molecule has 1 heterocycles. The lowest BCUT2D eigenvalue weighted by molar-refractivity contribution is -0.123. The number of aryl methyl sites for hydroxylation is 1. The van der Waals surface area contributed by atoms with Crippen molar-refractivity contribution in [3.8, 4) is 16.3 Å². The third-order valence-corrected chi connectivity index (χ3v) is 6.05. The molecular weight excluding hydrogens is 404 g/mol. The van der Waals surface area contributed by atoms with Crippen molar-refractivity contribution in [2.75, 3.05) is 6.61 Å². The van der Waals surface area contributed by atoms with E-state index in [0.717, 1.165) is 31.9 Å². The van der Waals surface area contributed by atoms with Gasteiger partial charge in [-0.05, 0) is 35.9 Å². The van der Waals surface area contributed by atoms with Crippen molar-refractivity contribution in [2.45, 2.75) is 13.5 Å². The Morgan fingerprint density at radius 3 is 2.66 bits per heavy atom. The van der Waals surface area contributed by atoms with Crippen molar-refractivity contribution in [2.24, 2.45) is 0 Å². The van der Waals surface area contributed by atoms with Gasteiger partial charge in [-0.3, -0.25) is 4.79 Å². The van der Waals surface area contributed by atoms with Crippen LogP contribution in [0.1, 0.15) is 10.6 Å². The van der Waals surface area contributed by atoms with Gasteiger partial charge in [0.05, 0.1) is 17.3 Å². The number of amides is 1. The molecule has 4 aromatic rings. The Bertz CT molecular complexity index is 1170. The van der Waals surface area contributed by atoms with Crippen molar-refractivity contribution in [3.05, 3.63) is 82.3 Å². The molecule has 0 bridgehead atoms. The SMILES string of the molecule is Cc1nc(-c2ccccc2Cl)sc1CNC(=O)COc1ccc2ccccc2c1. The number of nitrogens with zero attached hydrogens (tertiary/aromatic N) is 1. The molecule has 0 saturated heterocycles. The molecule has 0 aliphatic rings. The van der Waals surface area contributed by atoms with Crippen LogP contribution in [-0.2, 0) is 11.3 Å². The van der Waals surface area contributed by atoms with Gasteiger partial charge in [0.25, 0.3) is 5.91 Å². The second kappa shape index (κ2) is 8.64. The topological polar surface area (TPSA) is 51.2 Å². The molecule has 4 rings (SSSR count). The number of thiazole rings is 1. The van der Waals surface area contributed by atoms with Crippen LogP contribution >= 0.6 is 22.9 Å². The molecule has 29 heavy (non-hydrogen) atoms. The predicted molar refractivity (Wildman–Crippen MR) is 119 cm³/mol. The van der Waals surface area contributed by atoms with E-state index in [1.54, 1.807) is 0 Å². The van der Waals surface area contributed by atoms with E-state index in [4.69, 9.17) is 16.3 Å². The highest BCUT2D eigenvalue weighted by Gasteiger charge is 2.13. The van der Waals surface area contributed by atoms with Gasteiger partial charge in [0, 0.05) is 10.4 Å². The Kier molecular flexibility index (Phi) is 5.79. The van der Waals surface area contributed by atoms with Crippen LogP contribution in [0, 0.1) is 6.92 Å². The number of ether oxygens (including phenoxy) is 1. The van der Waals surface area contributed by atoms with Gasteiger partial charge in [-0.25, -0.2) is 4.98 Å². The number of carbonyl (C=O) groups is 1. The fraction of sp³-hybridized carbons (Fsp3) is 0.130. The Morgan fingerprint density at radius 2 is 1.83 bits per heavy atom. The molecule has 0 fully saturated rings. The van der Waals surface area contributed by atoms with Crippen LogP contribution in [0.3, 0.4) is 0 Å². The fourth-order valence-electron chi connectivity index (χ4n) is 2.98. The summed E-state index contributed by atoms with van der Waals surface area (Å²) < 4.78 is 5.64. The maximum Gasteiger partial charge on any atom is 0.258 e. The first-order chi connectivity index (χ1) is 14.1. The van der Waals surface area contributed by atoms with E-state index in [9.17, 15) is 4.79 Å². The monoisotopic (exact) mass is 422 g/mol. The Hall–Kier alpha value is -2.89. The summed E-state index contributed by atoms with van der Waals surface area (Å²) in [6.45, 7) is 2.31. The van der Waals surface area contributed by atoms with E-state index < -0.39 is 0 Å². The van der Waals surface area contributed by atoms with Gasteiger partial charge in [-0.2, -0.15) is 0 Å². The summed E-state index contributed by atoms with van der Waals surface area (Å²) >= 11 is 7.80. The maximum atomic E-state index is 12.2. The van der Waals surface area contributed by atoms with Gasteiger partial charge >= 0.3 is 0 Å². The summed E-state index contributed by atoms with van der Waals surface area (Å²) in [7, 11) is 0. The first-order valence-electron chi connectivity index (χ1n) is 9.19. The Labute approximate surface area is 178 Å². The minimum absolute atomic E-state index is 0.0342. The number of benzene rings is 3. The summed E-state index contributed by atoms with van der Waals surface area (Å²) in [5.74, 6) is 0.499. The molecule has 3 aromatic carbocycles. The first-order valence-corrected chi connectivity index (χ1v) is 10.4. The van der Waals surface area contributed by atoms with Gasteiger partial charge in [0.1, 0.15) is 10.8 Å². The summed E-state index contributed by atoms with van der Waals surface area (Å²) in [6.07, 6.45) is 0. The van der Waals surface area contributed by atoms with Gasteiger partial charge in [0.2, 0.25) is 0 Å². The van der Waals surface area contributed by atoms with E-state index in [0.29, 0.717) is 17.3 Å². The Morgan fingerprint density at radius 1 is 1.07 bits per heavy atom. The van der Waals surface area contributed by atoms with Crippen LogP contribution in [0.5, 0.6) is 5.75 Å². The average molecular weight is 423 g/mol. The summed E-state index contributed by atoms with van der Waals surface area (Å²) in [4.78, 5) is 17.8. The van der Waals surface area contributed by atoms with Crippen LogP contribution in [0.4, 0.5) is 0 Å². The minimum atomic E-state index is -0.176. The standard InChI is InChI=1S/C23H19ClN2O2S/c1-15-21(29-23(26-15)19-8-4-5-9-20(19)24)13-25-22(27)14-28-18-11-10-16-6-2-3-7-17(16)12-18/h2-12H,13-14H2,1H3,(H,25,27). The average Bonchev–Trinajstić information content (AvgIpc) is 3.11. The zero-order chi connectivity index (χ0) is 20.2. The van der Waals surface area contributed by atoms with Crippen molar-refractivity contribution in [3.63, 3.8) is 0 Å². The molecule has 146 valence electrons. The highest BCUT2D eigenvalue weighted by molar-refractivity contribution is 7.15. The van der Waals surface area contributed by atoms with Crippen LogP contribution < -0.4 is 10.1 Å². The van der Waals surface area contributed by atoms with E-state index in [-0.39, 0.29) is 12.5 Å². The molecule has 6 heteroatoms. The molecule has 4 nitrogen and oxygen atoms in total. The smallest absolute Gasteiger partial charge is 0.258 e. The lowest BCUT2D eigenvalue weighted by Gasteiger charge is -2.08. The molecular formula is C23H19ClN2O2S. The number of carbonyl (C=O) groups excluding carboxylic acids is 1. The molecule has 1 amide bonds. The molecule has 1 aromatic heterocycles. The summed E-state index contributed by atoms with van der Waals surface area (Å²) in [5.41, 5.74) is 1.79. The summed E-state index contributed by atoms with van der Waals surface area (Å²) in [5, 5.41) is 6.64. The van der Waals surface area contributed by atoms with E-state index >= 15 is 0 Å². The molecule has 0 aliphatic heterocycles. The highest BCUT2D eigenvalue weighted by Crippen LogP contribution is 2.32. The van der Waals surface area contributed by atoms with Gasteiger partial charge in [0.15, 0.2) is 6.61 Å². The van der Waals surface area contributed by atoms with Gasteiger partial charge in [-0.15, -0.1) is 11.3 Å². The molecule has 1 N–H and O–H groups in total. The number of hydrogen-bond donors (Lipinski definition) is 1. The molecule has 0 unspecified atom stereocenters. The number of fused-ring (bicyclic) bond motifs is 1. The lowest BCUT2D eigenvalue weighted by atomic mass is 10.1. The normalized spacial score (nSPS) is 10.8. The highest BCUT2D eigenvalue weighted by atomic mass is 35.5. The number of halogens is 1. The van der Waals surface area contributed by atoms with Gasteiger partial charge < -0.3 is 10.1 Å². The number of rotatable bonds is 6. The fourth-order valence-corrected chi connectivity index (χ4v) is 4.30. The predicted octanol–water partition coefficient (Wildman–Crippen LogP) is 5.62. The first kappa shape index (κ1) is 19.4. The van der Waals surface area contributed by atoms with Crippen molar-refractivity contribution >= 4 is 39.6 Å². The third-order valence-electron chi connectivity index (χ3n) is 4.53. The molecule has 0 radical (unpaired) electrons. The number of hydrogen-bond acceptors (Lipinski definition) is 4. The third kappa shape index (κ3) is 4.58. The minimum Gasteiger partial charge on any atom is -0.484 e. The maximum absolute atomic E-state index is 12.2. The number of nitrogens with one attached hydrogen (secondary N) is 1. The molecule has 0 saturated carbocycles. The van der Waals surface area contributed by atoms with Crippen molar-refractivity contribution in [1.82, 2.24) is 10.3 Å². The van der Waals surface area contributed by atoms with E-state index in [1.807, 2.05) is 73.7 Å². The Balaban J connectivity index is 1.35. The molecule has 0 aliphatic carbocycles. The second-order valence-electron chi connectivity index (χ2n) is 6.58. The largest absolute Gasteiger partial charge is 0.484 e. The van der Waals surface area contributed by atoms with Crippen LogP contribution in [0.15, 0.2) is 66.7 Å². The van der Waals surface area contributed by atoms with Crippen LogP contribution in [0.25, 0.3) is 21.3 Å². The zero-order valence-corrected chi connectivity index (χ0v) is 17.4. The van der Waals surface area contributed by atoms with E-state index in [1.165, 1.54) is 11.3 Å². The zero-order valence-electron chi connectivity index (χ0n) is 15.8. The van der Waals surface area contributed by atoms with Crippen LogP contribution in [-0.4, -0.2) is 17.5 Å². The lowest BCUT2D eigenvalue weighted by Crippen LogP contribution is -2.28. The van der Waals surface area contributed by atoms with Crippen molar-refractivity contribution in [1.29, 1.82) is 0 Å². The number of aromatic nitrogens is 1. The van der Waals surface area contributed by atoms with E-state index in [2.05, 4.69) is 10.3 Å². The molecule has 0 spiro atoms. The quantitative estimate of drug-likeness (QED) is 0.438.